The summed E-state index contributed by atoms with van der Waals surface area (Å²) in [6.07, 6.45) is 7.87. The summed E-state index contributed by atoms with van der Waals surface area (Å²) in [5.41, 5.74) is 14.6. The van der Waals surface area contributed by atoms with Crippen molar-refractivity contribution in [1.29, 1.82) is 0 Å². The van der Waals surface area contributed by atoms with Crippen LogP contribution in [-0.4, -0.2) is 43.6 Å². The van der Waals surface area contributed by atoms with Crippen LogP contribution in [0, 0.1) is 0 Å². The number of carbonyl (C=O) groups is 4. The second kappa shape index (κ2) is 17.0. The molecule has 0 spiro atoms. The maximum absolute atomic E-state index is 12.2. The standard InChI is InChI=1S/C52H42N8O4/c1-29(61)53-37-13-5-9-33(25-37)49-41-17-19-43(57-41)50(34-10-6-14-38(26-34)54-30(2)62)45-21-23-47(59-45)52(36-12-8-16-40(28-36)56-32(4)64)48-24-22-46(60-48)51(44-20-18-42(49)58-44)35-11-7-15-39(27-35)55-31(3)63/h5-28,57-58H,1-4H3,(H,53,61)(H,54,62)(H,55,63)(H,56,64). The SMILES string of the molecule is CC(=O)Nc1cccc(-c2c3nc(c(-c4cccc(NC(C)=O)c4)c4ccc([nH]4)c(-c4cccc(NC(C)=O)c4)c4ccc([nH]4)c(-c4cccc(NC(C)=O)c4)c4nc2C=C4)C=C3)c1. The van der Waals surface area contributed by atoms with Gasteiger partial charge in [-0.2, -0.15) is 0 Å². The van der Waals surface area contributed by atoms with Crippen molar-refractivity contribution in [3.8, 4) is 44.5 Å². The first kappa shape index (κ1) is 40.7. The number of nitrogens with zero attached hydrogens (tertiary/aromatic N) is 2. The molecule has 7 aromatic rings. The fraction of sp³-hybridized carbons (Fsp3) is 0.0769. The number of H-pyrrole nitrogens is 2. The van der Waals surface area contributed by atoms with E-state index in [-0.39, 0.29) is 23.6 Å². The Morgan fingerprint density at radius 3 is 0.938 bits per heavy atom. The third kappa shape index (κ3) is 8.48. The number of carbonyl (C=O) groups excluding carboxylic acids is 4. The molecule has 0 saturated heterocycles. The van der Waals surface area contributed by atoms with Crippen LogP contribution >= 0.6 is 0 Å². The molecule has 64 heavy (non-hydrogen) atoms. The van der Waals surface area contributed by atoms with Crippen molar-refractivity contribution in [1.82, 2.24) is 19.9 Å². The van der Waals surface area contributed by atoms with Gasteiger partial charge in [-0.1, -0.05) is 48.5 Å². The van der Waals surface area contributed by atoms with Crippen molar-refractivity contribution in [3.05, 3.63) is 144 Å². The van der Waals surface area contributed by atoms with E-state index in [2.05, 4.69) is 31.2 Å². The minimum absolute atomic E-state index is 0.185. The van der Waals surface area contributed by atoms with E-state index in [1.807, 2.05) is 146 Å². The summed E-state index contributed by atoms with van der Waals surface area (Å²) in [5.74, 6) is -0.758. The lowest BCUT2D eigenvalue weighted by Crippen LogP contribution is -2.05. The Hall–Kier alpha value is -8.64. The zero-order valence-corrected chi connectivity index (χ0v) is 35.4. The van der Waals surface area contributed by atoms with Gasteiger partial charge in [-0.05, 0) is 119 Å². The number of hydrogen-bond donors (Lipinski definition) is 6. The van der Waals surface area contributed by atoms with Gasteiger partial charge >= 0.3 is 0 Å². The molecule has 0 fully saturated rings. The molecule has 0 atom stereocenters. The number of aromatic amines is 2. The molecule has 6 N–H and O–H groups in total. The van der Waals surface area contributed by atoms with Gasteiger partial charge in [-0.15, -0.1) is 0 Å². The molecule has 8 bridgehead atoms. The summed E-state index contributed by atoms with van der Waals surface area (Å²) >= 11 is 0. The molecule has 12 nitrogen and oxygen atoms in total. The van der Waals surface area contributed by atoms with E-state index < -0.39 is 0 Å². The van der Waals surface area contributed by atoms with Gasteiger partial charge in [-0.3, -0.25) is 19.2 Å². The van der Waals surface area contributed by atoms with Crippen molar-refractivity contribution in [3.63, 3.8) is 0 Å². The highest BCUT2D eigenvalue weighted by molar-refractivity contribution is 6.02. The number of nitrogens with one attached hydrogen (secondary N) is 6. The summed E-state index contributed by atoms with van der Waals surface area (Å²) in [4.78, 5) is 67.0. The molecule has 2 aliphatic heterocycles. The minimum atomic E-state index is -0.194. The van der Waals surface area contributed by atoms with Gasteiger partial charge in [0.25, 0.3) is 0 Å². The first-order valence-corrected chi connectivity index (χ1v) is 20.6. The Morgan fingerprint density at radius 2 is 0.625 bits per heavy atom. The van der Waals surface area contributed by atoms with Gasteiger partial charge in [0.1, 0.15) is 0 Å². The van der Waals surface area contributed by atoms with Crippen LogP contribution < -0.4 is 21.3 Å². The van der Waals surface area contributed by atoms with Crippen molar-refractivity contribution >= 4 is 92.7 Å². The quantitative estimate of drug-likeness (QED) is 0.0888. The van der Waals surface area contributed by atoms with Crippen molar-refractivity contribution in [2.24, 2.45) is 0 Å². The molecule has 0 saturated carbocycles. The molecule has 0 radical (unpaired) electrons. The first-order chi connectivity index (χ1) is 30.9. The molecule has 3 aromatic heterocycles. The predicted octanol–water partition coefficient (Wildman–Crippen LogP) is 11.2. The fourth-order valence-electron chi connectivity index (χ4n) is 8.24. The van der Waals surface area contributed by atoms with Crippen LogP contribution in [0.2, 0.25) is 0 Å². The molecular weight excluding hydrogens is 801 g/mol. The lowest BCUT2D eigenvalue weighted by molar-refractivity contribution is -0.115. The highest BCUT2D eigenvalue weighted by Gasteiger charge is 2.20. The van der Waals surface area contributed by atoms with E-state index in [9.17, 15) is 19.2 Å². The van der Waals surface area contributed by atoms with Gasteiger partial charge < -0.3 is 31.2 Å². The molecule has 4 aromatic carbocycles. The fourth-order valence-corrected chi connectivity index (χ4v) is 8.24. The minimum Gasteiger partial charge on any atom is -0.354 e. The predicted molar refractivity (Wildman–Crippen MR) is 258 cm³/mol. The zero-order valence-electron chi connectivity index (χ0n) is 35.4. The van der Waals surface area contributed by atoms with E-state index in [1.54, 1.807) is 0 Å². The van der Waals surface area contributed by atoms with Crippen molar-refractivity contribution in [2.45, 2.75) is 27.7 Å². The summed E-state index contributed by atoms with van der Waals surface area (Å²) in [6.45, 7) is 5.90. The molecule has 5 heterocycles. The van der Waals surface area contributed by atoms with E-state index in [0.717, 1.165) is 66.6 Å². The third-order valence-electron chi connectivity index (χ3n) is 10.6. The topological polar surface area (TPSA) is 174 Å². The second-order valence-electron chi connectivity index (χ2n) is 15.6. The maximum Gasteiger partial charge on any atom is 0.221 e. The number of anilines is 4. The number of aromatic nitrogens is 4. The van der Waals surface area contributed by atoms with Crippen LogP contribution in [0.5, 0.6) is 0 Å². The largest absolute Gasteiger partial charge is 0.354 e. The van der Waals surface area contributed by atoms with Crippen molar-refractivity contribution < 1.29 is 19.2 Å². The second-order valence-corrected chi connectivity index (χ2v) is 15.6. The Bertz CT molecular complexity index is 3160. The Balaban J connectivity index is 1.44. The van der Waals surface area contributed by atoms with Crippen LogP contribution in [0.25, 0.3) is 90.9 Å². The van der Waals surface area contributed by atoms with E-state index in [1.165, 1.54) is 27.7 Å². The molecular formula is C52H42N8O4. The van der Waals surface area contributed by atoms with Gasteiger partial charge in [0.2, 0.25) is 23.6 Å². The summed E-state index contributed by atoms with van der Waals surface area (Å²) < 4.78 is 0. The first-order valence-electron chi connectivity index (χ1n) is 20.6. The van der Waals surface area contributed by atoms with Crippen LogP contribution in [-0.2, 0) is 19.2 Å². The molecule has 4 amide bonds. The summed E-state index contributed by atoms with van der Waals surface area (Å²) in [7, 11) is 0. The summed E-state index contributed by atoms with van der Waals surface area (Å²) in [5, 5.41) is 11.7. The van der Waals surface area contributed by atoms with Crippen LogP contribution in [0.4, 0.5) is 22.7 Å². The van der Waals surface area contributed by atoms with Crippen LogP contribution in [0.15, 0.2) is 121 Å². The molecule has 0 unspecified atom stereocenters. The lowest BCUT2D eigenvalue weighted by Gasteiger charge is -2.10. The molecule has 12 heteroatoms. The zero-order chi connectivity index (χ0) is 44.5. The Morgan fingerprint density at radius 1 is 0.359 bits per heavy atom. The van der Waals surface area contributed by atoms with E-state index in [4.69, 9.17) is 9.97 Å². The number of rotatable bonds is 8. The average molecular weight is 843 g/mol. The number of amides is 4. The monoisotopic (exact) mass is 842 g/mol. The Kier molecular flexibility index (Phi) is 10.8. The number of hydrogen-bond acceptors (Lipinski definition) is 6. The highest BCUT2D eigenvalue weighted by Crippen LogP contribution is 2.40. The van der Waals surface area contributed by atoms with Gasteiger partial charge in [-0.25, -0.2) is 9.97 Å². The van der Waals surface area contributed by atoms with Gasteiger partial charge in [0.05, 0.1) is 22.8 Å². The van der Waals surface area contributed by atoms with Crippen LogP contribution in [0.1, 0.15) is 50.5 Å². The molecule has 9 rings (SSSR count). The highest BCUT2D eigenvalue weighted by atomic mass is 16.2. The van der Waals surface area contributed by atoms with E-state index in [0.29, 0.717) is 45.5 Å². The third-order valence-corrected chi connectivity index (χ3v) is 10.6. The average Bonchev–Trinajstić information content (AvgIpc) is 4.09. The number of benzene rings is 4. The van der Waals surface area contributed by atoms with E-state index >= 15 is 0 Å². The van der Waals surface area contributed by atoms with Crippen LogP contribution in [0.3, 0.4) is 0 Å². The van der Waals surface area contributed by atoms with Crippen molar-refractivity contribution in [2.75, 3.05) is 21.3 Å². The smallest absolute Gasteiger partial charge is 0.221 e. The van der Waals surface area contributed by atoms with Gasteiger partial charge in [0, 0.05) is 94.8 Å². The van der Waals surface area contributed by atoms with Gasteiger partial charge in [0.15, 0.2) is 0 Å². The normalized spacial score (nSPS) is 11.6. The maximum atomic E-state index is 12.2. The molecule has 314 valence electrons. The lowest BCUT2D eigenvalue weighted by atomic mass is 10.0. The Labute approximate surface area is 368 Å². The number of fused-ring (bicyclic) bond motifs is 8. The summed E-state index contributed by atoms with van der Waals surface area (Å²) in [6, 6.07) is 38.7. The molecule has 2 aliphatic rings. The molecule has 0 aliphatic carbocycles.